The number of rotatable bonds is 7. The minimum absolute atomic E-state index is 0.282. The van der Waals surface area contributed by atoms with Gasteiger partial charge in [-0.3, -0.25) is 4.79 Å². The van der Waals surface area contributed by atoms with E-state index in [2.05, 4.69) is 6.92 Å². The Labute approximate surface area is 105 Å². The Balaban J connectivity index is 2.75. The second-order valence-electron chi connectivity index (χ2n) is 4.31. The predicted octanol–water partition coefficient (Wildman–Crippen LogP) is 4.63. The highest BCUT2D eigenvalue weighted by atomic mass is 16.1. The highest BCUT2D eigenvalue weighted by Crippen LogP contribution is 2.16. The highest BCUT2D eigenvalue weighted by molar-refractivity contribution is 5.99. The van der Waals surface area contributed by atoms with E-state index in [0.29, 0.717) is 6.42 Å². The molecule has 0 bridgehead atoms. The molecular formula is C16H22O. The molecule has 0 amide bonds. The van der Waals surface area contributed by atoms with Crippen molar-refractivity contribution < 1.29 is 4.79 Å². The molecule has 0 N–H and O–H groups in total. The molecule has 0 aromatic heterocycles. The first-order valence-corrected chi connectivity index (χ1v) is 6.56. The van der Waals surface area contributed by atoms with Crippen LogP contribution in [-0.2, 0) is 4.79 Å². The van der Waals surface area contributed by atoms with Gasteiger partial charge in [0, 0.05) is 6.42 Å². The Morgan fingerprint density at radius 2 is 1.82 bits per heavy atom. The van der Waals surface area contributed by atoms with Gasteiger partial charge in [0.15, 0.2) is 5.78 Å². The van der Waals surface area contributed by atoms with E-state index in [1.165, 1.54) is 12.8 Å². The third-order valence-corrected chi connectivity index (χ3v) is 2.87. The number of carbonyl (C=O) groups excluding carboxylic acids is 1. The van der Waals surface area contributed by atoms with E-state index in [0.717, 1.165) is 24.0 Å². The van der Waals surface area contributed by atoms with Crippen LogP contribution < -0.4 is 0 Å². The number of ketones is 1. The molecule has 0 radical (unpaired) electrons. The third kappa shape index (κ3) is 4.99. The van der Waals surface area contributed by atoms with Crippen molar-refractivity contribution in [2.24, 2.45) is 0 Å². The van der Waals surface area contributed by atoms with Crippen molar-refractivity contribution in [1.29, 1.82) is 0 Å². The summed E-state index contributed by atoms with van der Waals surface area (Å²) in [7, 11) is 0. The van der Waals surface area contributed by atoms with Crippen LogP contribution in [0.5, 0.6) is 0 Å². The van der Waals surface area contributed by atoms with Gasteiger partial charge >= 0.3 is 0 Å². The topological polar surface area (TPSA) is 17.1 Å². The molecule has 92 valence electrons. The first kappa shape index (κ1) is 13.7. The molecule has 0 saturated heterocycles. The number of unbranched alkanes of at least 4 members (excludes halogenated alkanes) is 2. The van der Waals surface area contributed by atoms with Crippen LogP contribution in [0.3, 0.4) is 0 Å². The summed E-state index contributed by atoms with van der Waals surface area (Å²) in [5.41, 5.74) is 2.10. The van der Waals surface area contributed by atoms with Gasteiger partial charge in [0.2, 0.25) is 0 Å². The lowest BCUT2D eigenvalue weighted by molar-refractivity contribution is -0.115. The lowest BCUT2D eigenvalue weighted by Crippen LogP contribution is -2.00. The van der Waals surface area contributed by atoms with Crippen LogP contribution >= 0.6 is 0 Å². The summed E-state index contributed by atoms with van der Waals surface area (Å²) >= 11 is 0. The van der Waals surface area contributed by atoms with Gasteiger partial charge in [0.05, 0.1) is 0 Å². The first-order valence-electron chi connectivity index (χ1n) is 6.56. The number of allylic oxidation sites excluding steroid dienone is 1. The molecule has 1 nitrogen and oxygen atoms in total. The molecule has 0 fully saturated rings. The summed E-state index contributed by atoms with van der Waals surface area (Å²) in [6.07, 6.45) is 7.06. The molecule has 0 aliphatic rings. The number of benzene rings is 1. The largest absolute Gasteiger partial charge is 0.295 e. The van der Waals surface area contributed by atoms with Crippen LogP contribution in [0.25, 0.3) is 6.08 Å². The molecule has 17 heavy (non-hydrogen) atoms. The molecule has 1 aromatic rings. The maximum Gasteiger partial charge on any atom is 0.158 e. The summed E-state index contributed by atoms with van der Waals surface area (Å²) in [6, 6.07) is 10.1. The smallest absolute Gasteiger partial charge is 0.158 e. The second-order valence-corrected chi connectivity index (χ2v) is 4.31. The van der Waals surface area contributed by atoms with Gasteiger partial charge in [-0.15, -0.1) is 0 Å². The van der Waals surface area contributed by atoms with Gasteiger partial charge < -0.3 is 0 Å². The Hall–Kier alpha value is -1.37. The van der Waals surface area contributed by atoms with Gasteiger partial charge in [0.25, 0.3) is 0 Å². The zero-order chi connectivity index (χ0) is 12.5. The maximum atomic E-state index is 11.8. The van der Waals surface area contributed by atoms with E-state index in [4.69, 9.17) is 0 Å². The van der Waals surface area contributed by atoms with Crippen molar-refractivity contribution >= 4 is 11.9 Å². The Kier molecular flexibility index (Phi) is 6.31. The van der Waals surface area contributed by atoms with E-state index in [1.807, 2.05) is 43.3 Å². The molecular weight excluding hydrogens is 208 g/mol. The van der Waals surface area contributed by atoms with Crippen LogP contribution in [0, 0.1) is 0 Å². The fourth-order valence-corrected chi connectivity index (χ4v) is 1.84. The summed E-state index contributed by atoms with van der Waals surface area (Å²) in [5.74, 6) is 0.282. The van der Waals surface area contributed by atoms with Crippen molar-refractivity contribution in [1.82, 2.24) is 0 Å². The van der Waals surface area contributed by atoms with Crippen molar-refractivity contribution in [2.75, 3.05) is 0 Å². The fraction of sp³-hybridized carbons (Fsp3) is 0.438. The SMILES string of the molecule is CCCCCC(=Cc1ccccc1)C(=O)CC. The van der Waals surface area contributed by atoms with Gasteiger partial charge in [-0.1, -0.05) is 57.0 Å². The van der Waals surface area contributed by atoms with Gasteiger partial charge in [-0.2, -0.15) is 0 Å². The highest BCUT2D eigenvalue weighted by Gasteiger charge is 2.06. The number of hydrogen-bond acceptors (Lipinski definition) is 1. The molecule has 0 aliphatic carbocycles. The van der Waals surface area contributed by atoms with E-state index in [-0.39, 0.29) is 5.78 Å². The number of hydrogen-bond donors (Lipinski definition) is 0. The van der Waals surface area contributed by atoms with Crippen molar-refractivity contribution in [3.63, 3.8) is 0 Å². The van der Waals surface area contributed by atoms with Gasteiger partial charge in [-0.05, 0) is 30.1 Å². The van der Waals surface area contributed by atoms with Crippen molar-refractivity contribution in [3.8, 4) is 0 Å². The average Bonchev–Trinajstić information content (AvgIpc) is 2.38. The third-order valence-electron chi connectivity index (χ3n) is 2.87. The predicted molar refractivity (Wildman–Crippen MR) is 73.9 cm³/mol. The van der Waals surface area contributed by atoms with Gasteiger partial charge in [0.1, 0.15) is 0 Å². The fourth-order valence-electron chi connectivity index (χ4n) is 1.84. The first-order chi connectivity index (χ1) is 8.27. The van der Waals surface area contributed by atoms with E-state index < -0.39 is 0 Å². The van der Waals surface area contributed by atoms with E-state index in [9.17, 15) is 4.79 Å². The van der Waals surface area contributed by atoms with E-state index in [1.54, 1.807) is 0 Å². The summed E-state index contributed by atoms with van der Waals surface area (Å²) < 4.78 is 0. The summed E-state index contributed by atoms with van der Waals surface area (Å²) in [5, 5.41) is 0. The van der Waals surface area contributed by atoms with Crippen LogP contribution in [0.15, 0.2) is 35.9 Å². The molecule has 0 aliphatic heterocycles. The standard InChI is InChI=1S/C16H22O/c1-3-5-7-12-15(16(17)4-2)13-14-10-8-6-9-11-14/h6,8-11,13H,3-5,7,12H2,1-2H3. The molecule has 0 atom stereocenters. The van der Waals surface area contributed by atoms with Crippen LogP contribution in [0.4, 0.5) is 0 Å². The van der Waals surface area contributed by atoms with Crippen LogP contribution in [-0.4, -0.2) is 5.78 Å². The lowest BCUT2D eigenvalue weighted by atomic mass is 9.99. The average molecular weight is 230 g/mol. The zero-order valence-electron chi connectivity index (χ0n) is 10.9. The minimum Gasteiger partial charge on any atom is -0.295 e. The van der Waals surface area contributed by atoms with Crippen LogP contribution in [0.2, 0.25) is 0 Å². The maximum absolute atomic E-state index is 11.8. The Morgan fingerprint density at radius 3 is 2.41 bits per heavy atom. The van der Waals surface area contributed by atoms with Gasteiger partial charge in [-0.25, -0.2) is 0 Å². The van der Waals surface area contributed by atoms with E-state index >= 15 is 0 Å². The Morgan fingerprint density at radius 1 is 1.12 bits per heavy atom. The molecule has 1 aromatic carbocycles. The lowest BCUT2D eigenvalue weighted by Gasteiger charge is -2.05. The Bertz CT molecular complexity index is 362. The second kappa shape index (κ2) is 7.83. The molecule has 1 rings (SSSR count). The normalized spacial score (nSPS) is 11.5. The zero-order valence-corrected chi connectivity index (χ0v) is 10.9. The summed E-state index contributed by atoms with van der Waals surface area (Å²) in [6.45, 7) is 4.11. The van der Waals surface area contributed by atoms with Crippen LogP contribution in [0.1, 0.15) is 51.5 Å². The summed E-state index contributed by atoms with van der Waals surface area (Å²) in [4.78, 5) is 11.8. The molecule has 0 spiro atoms. The molecule has 1 heteroatoms. The molecule has 0 saturated carbocycles. The van der Waals surface area contributed by atoms with Crippen molar-refractivity contribution in [2.45, 2.75) is 46.0 Å². The monoisotopic (exact) mass is 230 g/mol. The van der Waals surface area contributed by atoms with Crippen molar-refractivity contribution in [3.05, 3.63) is 41.5 Å². The number of Topliss-reactive ketones (excluding diaryl/α,β-unsaturated/α-hetero) is 1. The molecule has 0 heterocycles. The quantitative estimate of drug-likeness (QED) is 0.493. The number of carbonyl (C=O) groups is 1. The molecule has 0 unspecified atom stereocenters. The minimum atomic E-state index is 0.282.